The summed E-state index contributed by atoms with van der Waals surface area (Å²) in [4.78, 5) is 11.8. The third kappa shape index (κ3) is 3.80. The molecule has 9 heteroatoms. The summed E-state index contributed by atoms with van der Waals surface area (Å²) < 4.78 is 17.1. The van der Waals surface area contributed by atoms with Gasteiger partial charge in [-0.25, -0.2) is 4.79 Å². The lowest BCUT2D eigenvalue weighted by Gasteiger charge is -2.65. The zero-order valence-electron chi connectivity index (χ0n) is 22.7. The fourth-order valence-electron chi connectivity index (χ4n) is 9.91. The molecular weight excluding hydrogens is 492 g/mol. The zero-order chi connectivity index (χ0) is 27.2. The van der Waals surface area contributed by atoms with Gasteiger partial charge in [0, 0.05) is 11.5 Å². The van der Waals surface area contributed by atoms with Crippen LogP contribution in [0, 0.1) is 34.5 Å². The van der Waals surface area contributed by atoms with E-state index in [9.17, 15) is 30.3 Å². The topological polar surface area (TPSA) is 146 Å². The quantitative estimate of drug-likeness (QED) is 0.267. The Hall–Kier alpha value is -1.07. The first-order chi connectivity index (χ1) is 17.9. The zero-order valence-corrected chi connectivity index (χ0v) is 22.7. The number of aliphatic hydroxyl groups is 5. The van der Waals surface area contributed by atoms with Crippen LogP contribution in [0.3, 0.4) is 0 Å². The Kier molecular flexibility index (Phi) is 6.58. The summed E-state index contributed by atoms with van der Waals surface area (Å²) in [6, 6.07) is 0. The van der Waals surface area contributed by atoms with E-state index in [0.29, 0.717) is 18.8 Å². The number of hydrogen-bond donors (Lipinski definition) is 5. The molecule has 4 saturated carbocycles. The standard InChI is InChI=1S/C29H44O9/c1-14-23(32)24(33)25(34)26(37-14)38-17-6-8-27(2)16(11-17)4-5-19-22(27)20(30)12-28(3)18(7-9-29(19,28)35)15-10-21(31)36-13-15/h10,14,16-20,22-26,30,32-35H,4-9,11-13H2,1-3H3/t14-,16+,17+,18-,19+,20-,22-,23+,24-,25-,26+,27+,28-,29+/m1/s1. The van der Waals surface area contributed by atoms with Crippen molar-refractivity contribution in [1.29, 1.82) is 0 Å². The van der Waals surface area contributed by atoms with Crippen LogP contribution in [0.25, 0.3) is 0 Å². The summed E-state index contributed by atoms with van der Waals surface area (Å²) in [7, 11) is 0. The maximum absolute atomic E-state index is 12.4. The SMILES string of the molecule is C[C@H]1O[C@@H](O[C@H]2CC[C@@]3(C)[C@@H](CC[C@H]4[C@@H]3[C@H](O)C[C@]3(C)[C@@H](C5=CC(=O)OC5)CC[C@]43O)C2)[C@H](O)[C@H](O)[C@H]1O. The molecule has 5 fully saturated rings. The molecule has 0 aromatic carbocycles. The molecule has 6 rings (SSSR count). The van der Waals surface area contributed by atoms with Crippen LogP contribution in [-0.2, 0) is 19.0 Å². The van der Waals surface area contributed by atoms with Gasteiger partial charge in [0.2, 0.25) is 0 Å². The second-order valence-electron chi connectivity index (χ2n) is 13.7. The van der Waals surface area contributed by atoms with Crippen molar-refractivity contribution in [3.8, 4) is 0 Å². The maximum atomic E-state index is 12.4. The number of esters is 1. The van der Waals surface area contributed by atoms with E-state index in [1.54, 1.807) is 13.0 Å². The van der Waals surface area contributed by atoms with Gasteiger partial charge in [0.05, 0.1) is 23.9 Å². The second kappa shape index (κ2) is 9.23. The third-order valence-electron chi connectivity index (χ3n) is 12.0. The lowest BCUT2D eigenvalue weighted by molar-refractivity contribution is -0.311. The van der Waals surface area contributed by atoms with Crippen molar-refractivity contribution in [3.05, 3.63) is 11.6 Å². The molecule has 2 heterocycles. The monoisotopic (exact) mass is 536 g/mol. The van der Waals surface area contributed by atoms with Gasteiger partial charge in [-0.05, 0) is 93.0 Å². The van der Waals surface area contributed by atoms with Crippen molar-refractivity contribution in [2.75, 3.05) is 6.61 Å². The van der Waals surface area contributed by atoms with E-state index in [-0.39, 0.29) is 41.8 Å². The van der Waals surface area contributed by atoms with Crippen LogP contribution < -0.4 is 0 Å². The number of aliphatic hydroxyl groups excluding tert-OH is 4. The Morgan fingerprint density at radius 2 is 1.76 bits per heavy atom. The average molecular weight is 537 g/mol. The average Bonchev–Trinajstić information content (AvgIpc) is 3.41. The van der Waals surface area contributed by atoms with E-state index in [4.69, 9.17) is 14.2 Å². The Morgan fingerprint density at radius 1 is 1.00 bits per heavy atom. The van der Waals surface area contributed by atoms with E-state index >= 15 is 0 Å². The highest BCUT2D eigenvalue weighted by molar-refractivity contribution is 5.85. The van der Waals surface area contributed by atoms with Crippen LogP contribution in [0.1, 0.15) is 72.1 Å². The van der Waals surface area contributed by atoms with Gasteiger partial charge in [-0.2, -0.15) is 0 Å². The second-order valence-corrected chi connectivity index (χ2v) is 13.7. The first-order valence-corrected chi connectivity index (χ1v) is 14.5. The molecule has 0 unspecified atom stereocenters. The Bertz CT molecular complexity index is 985. The van der Waals surface area contributed by atoms with Crippen molar-refractivity contribution < 1.29 is 44.5 Å². The largest absolute Gasteiger partial charge is 0.458 e. The van der Waals surface area contributed by atoms with E-state index < -0.39 is 47.8 Å². The fourth-order valence-corrected chi connectivity index (χ4v) is 9.91. The number of carbonyl (C=O) groups excluding carboxylic acids is 1. The molecule has 6 aliphatic rings. The van der Waals surface area contributed by atoms with E-state index in [1.165, 1.54) is 0 Å². The van der Waals surface area contributed by atoms with Crippen LogP contribution in [0.2, 0.25) is 0 Å². The summed E-state index contributed by atoms with van der Waals surface area (Å²) in [5.74, 6) is -0.0314. The summed E-state index contributed by atoms with van der Waals surface area (Å²) in [6.45, 7) is 6.32. The Labute approximate surface area is 224 Å². The molecule has 38 heavy (non-hydrogen) atoms. The summed E-state index contributed by atoms with van der Waals surface area (Å²) in [5.41, 5.74) is -0.607. The summed E-state index contributed by atoms with van der Waals surface area (Å²) in [6.07, 6.45) is 1.49. The molecule has 0 amide bonds. The van der Waals surface area contributed by atoms with E-state index in [0.717, 1.165) is 44.1 Å². The highest BCUT2D eigenvalue weighted by Gasteiger charge is 2.70. The van der Waals surface area contributed by atoms with Gasteiger partial charge in [0.15, 0.2) is 6.29 Å². The number of ether oxygens (including phenoxy) is 3. The Balaban J connectivity index is 1.19. The summed E-state index contributed by atoms with van der Waals surface area (Å²) in [5, 5.41) is 54.7. The van der Waals surface area contributed by atoms with Gasteiger partial charge in [-0.1, -0.05) is 13.8 Å². The van der Waals surface area contributed by atoms with Crippen molar-refractivity contribution in [3.63, 3.8) is 0 Å². The molecule has 1 saturated heterocycles. The fraction of sp³-hybridized carbons (Fsp3) is 0.897. The Morgan fingerprint density at radius 3 is 2.47 bits per heavy atom. The number of carbonyl (C=O) groups is 1. The molecule has 0 spiro atoms. The van der Waals surface area contributed by atoms with Crippen molar-refractivity contribution in [2.24, 2.45) is 34.5 Å². The van der Waals surface area contributed by atoms with Gasteiger partial charge in [-0.3, -0.25) is 0 Å². The first-order valence-electron chi connectivity index (χ1n) is 14.5. The van der Waals surface area contributed by atoms with Crippen LogP contribution in [0.15, 0.2) is 11.6 Å². The molecule has 0 aromatic heterocycles. The maximum Gasteiger partial charge on any atom is 0.331 e. The molecular formula is C29H44O9. The van der Waals surface area contributed by atoms with Crippen LogP contribution in [-0.4, -0.2) is 86.6 Å². The van der Waals surface area contributed by atoms with Gasteiger partial charge in [-0.15, -0.1) is 0 Å². The van der Waals surface area contributed by atoms with Crippen molar-refractivity contribution in [1.82, 2.24) is 0 Å². The van der Waals surface area contributed by atoms with Gasteiger partial charge >= 0.3 is 5.97 Å². The minimum absolute atomic E-state index is 0.0143. The smallest absolute Gasteiger partial charge is 0.331 e. The molecule has 4 aliphatic carbocycles. The molecule has 0 radical (unpaired) electrons. The molecule has 14 atom stereocenters. The number of rotatable bonds is 3. The molecule has 9 nitrogen and oxygen atoms in total. The highest BCUT2D eigenvalue weighted by Crippen LogP contribution is 2.70. The lowest BCUT2D eigenvalue weighted by atomic mass is 9.42. The number of fused-ring (bicyclic) bond motifs is 5. The highest BCUT2D eigenvalue weighted by atomic mass is 16.7. The van der Waals surface area contributed by atoms with Gasteiger partial charge in [0.1, 0.15) is 24.9 Å². The predicted molar refractivity (Wildman–Crippen MR) is 134 cm³/mol. The predicted octanol–water partition coefficient (Wildman–Crippen LogP) is 1.43. The molecule has 214 valence electrons. The molecule has 0 aromatic rings. The normalized spacial score (nSPS) is 56.5. The van der Waals surface area contributed by atoms with Crippen LogP contribution in [0.4, 0.5) is 0 Å². The third-order valence-corrected chi connectivity index (χ3v) is 12.0. The van der Waals surface area contributed by atoms with Gasteiger partial charge < -0.3 is 39.7 Å². The number of hydrogen-bond acceptors (Lipinski definition) is 9. The van der Waals surface area contributed by atoms with Crippen LogP contribution >= 0.6 is 0 Å². The van der Waals surface area contributed by atoms with Gasteiger partial charge in [0.25, 0.3) is 0 Å². The first kappa shape index (κ1) is 27.1. The van der Waals surface area contributed by atoms with Crippen molar-refractivity contribution in [2.45, 2.75) is 121 Å². The minimum atomic E-state index is -1.32. The molecule has 2 aliphatic heterocycles. The minimum Gasteiger partial charge on any atom is -0.458 e. The lowest BCUT2D eigenvalue weighted by Crippen LogP contribution is -2.66. The molecule has 0 bridgehead atoms. The number of cyclic esters (lactones) is 1. The van der Waals surface area contributed by atoms with E-state index in [2.05, 4.69) is 13.8 Å². The molecule has 5 N–H and O–H groups in total. The van der Waals surface area contributed by atoms with Crippen molar-refractivity contribution >= 4 is 5.97 Å². The van der Waals surface area contributed by atoms with E-state index in [1.807, 2.05) is 0 Å². The summed E-state index contributed by atoms with van der Waals surface area (Å²) >= 11 is 0. The van der Waals surface area contributed by atoms with Crippen LogP contribution in [0.5, 0.6) is 0 Å².